The maximum Gasteiger partial charge on any atom is 0.353 e. The summed E-state index contributed by atoms with van der Waals surface area (Å²) in [6, 6.07) is 8.90. The highest BCUT2D eigenvalue weighted by Gasteiger charge is 2.56. The van der Waals surface area contributed by atoms with Crippen LogP contribution >= 0.6 is 11.8 Å². The first kappa shape index (κ1) is 18.5. The minimum Gasteiger partial charge on any atom is -0.477 e. The van der Waals surface area contributed by atoms with Crippen LogP contribution in [0.1, 0.15) is 18.9 Å². The van der Waals surface area contributed by atoms with Gasteiger partial charge in [-0.2, -0.15) is 0 Å². The van der Waals surface area contributed by atoms with Gasteiger partial charge in [-0.3, -0.25) is 9.59 Å². The number of thioether (sulfide) groups is 1. The van der Waals surface area contributed by atoms with Gasteiger partial charge in [0.2, 0.25) is 5.91 Å². The van der Waals surface area contributed by atoms with Crippen molar-refractivity contribution >= 4 is 29.6 Å². The fraction of sp³-hybridized carbons (Fsp3) is 0.389. The summed E-state index contributed by atoms with van der Waals surface area (Å²) in [5.41, 5.74) is 0.782. The van der Waals surface area contributed by atoms with E-state index in [1.807, 2.05) is 30.3 Å². The van der Waals surface area contributed by atoms with Crippen LogP contribution in [0.4, 0.5) is 0 Å². The summed E-state index contributed by atoms with van der Waals surface area (Å²) >= 11 is 1.08. The SMILES string of the molecule is CC(O)C1C(=O)N2C(C(=O)O)=C(SCC(=O)OCc3ccccc3)C[C@H]12. The number of aliphatic carboxylic acids is 1. The molecule has 1 saturated heterocycles. The van der Waals surface area contributed by atoms with Crippen molar-refractivity contribution < 1.29 is 29.3 Å². The van der Waals surface area contributed by atoms with Crippen LogP contribution in [0.2, 0.25) is 0 Å². The molecule has 0 spiro atoms. The number of carbonyl (C=O) groups is 3. The highest BCUT2D eigenvalue weighted by atomic mass is 32.2. The quantitative estimate of drug-likeness (QED) is 0.546. The zero-order chi connectivity index (χ0) is 18.8. The van der Waals surface area contributed by atoms with Crippen LogP contribution in [0.5, 0.6) is 0 Å². The highest BCUT2D eigenvalue weighted by Crippen LogP contribution is 2.46. The third-order valence-electron chi connectivity index (χ3n) is 4.50. The minimum absolute atomic E-state index is 0.0347. The molecule has 7 nitrogen and oxygen atoms in total. The zero-order valence-electron chi connectivity index (χ0n) is 14.1. The Kier molecular flexibility index (Phi) is 5.33. The van der Waals surface area contributed by atoms with E-state index in [-0.39, 0.29) is 30.0 Å². The maximum atomic E-state index is 12.1. The summed E-state index contributed by atoms with van der Waals surface area (Å²) < 4.78 is 5.18. The largest absolute Gasteiger partial charge is 0.477 e. The molecule has 26 heavy (non-hydrogen) atoms. The van der Waals surface area contributed by atoms with E-state index in [0.717, 1.165) is 17.3 Å². The molecule has 138 valence electrons. The normalized spacial score (nSPS) is 22.7. The Labute approximate surface area is 154 Å². The second kappa shape index (κ2) is 7.51. The van der Waals surface area contributed by atoms with Crippen molar-refractivity contribution in [3.05, 3.63) is 46.5 Å². The zero-order valence-corrected chi connectivity index (χ0v) is 14.9. The first-order chi connectivity index (χ1) is 12.4. The topological polar surface area (TPSA) is 104 Å². The van der Waals surface area contributed by atoms with E-state index in [2.05, 4.69) is 0 Å². The van der Waals surface area contributed by atoms with Gasteiger partial charge in [-0.05, 0) is 12.5 Å². The fourth-order valence-electron chi connectivity index (χ4n) is 3.29. The molecular weight excluding hydrogens is 358 g/mol. The number of hydrogen-bond acceptors (Lipinski definition) is 6. The molecule has 0 saturated carbocycles. The molecule has 0 aliphatic carbocycles. The van der Waals surface area contributed by atoms with E-state index in [1.54, 1.807) is 0 Å². The number of fused-ring (bicyclic) bond motifs is 1. The van der Waals surface area contributed by atoms with E-state index in [4.69, 9.17) is 4.74 Å². The summed E-state index contributed by atoms with van der Waals surface area (Å²) in [5, 5.41) is 19.1. The second-order valence-corrected chi connectivity index (χ2v) is 7.33. The number of carboxylic acids is 1. The lowest BCUT2D eigenvalue weighted by atomic mass is 9.83. The first-order valence-electron chi connectivity index (χ1n) is 8.20. The molecule has 1 aromatic carbocycles. The van der Waals surface area contributed by atoms with Gasteiger partial charge in [0.1, 0.15) is 12.3 Å². The molecule has 0 bridgehead atoms. The van der Waals surface area contributed by atoms with Crippen LogP contribution in [0.3, 0.4) is 0 Å². The lowest BCUT2D eigenvalue weighted by Crippen LogP contribution is -2.61. The number of ether oxygens (including phenoxy) is 1. The number of aliphatic hydroxyl groups is 1. The number of hydrogen-bond donors (Lipinski definition) is 2. The number of rotatable bonds is 7. The van der Waals surface area contributed by atoms with Gasteiger partial charge in [-0.25, -0.2) is 4.79 Å². The molecule has 2 unspecified atom stereocenters. The average Bonchev–Trinajstić information content (AvgIpc) is 2.93. The van der Waals surface area contributed by atoms with Crippen molar-refractivity contribution in [2.75, 3.05) is 5.75 Å². The Morgan fingerprint density at radius 2 is 2.04 bits per heavy atom. The lowest BCUT2D eigenvalue weighted by molar-refractivity contribution is -0.161. The van der Waals surface area contributed by atoms with Gasteiger partial charge in [0.15, 0.2) is 0 Å². The maximum absolute atomic E-state index is 12.1. The van der Waals surface area contributed by atoms with Gasteiger partial charge in [-0.1, -0.05) is 30.3 Å². The summed E-state index contributed by atoms with van der Waals surface area (Å²) in [4.78, 5) is 37.3. The number of aliphatic hydroxyl groups excluding tert-OH is 1. The molecule has 2 N–H and O–H groups in total. The third-order valence-corrected chi connectivity index (χ3v) is 5.59. The van der Waals surface area contributed by atoms with Gasteiger partial charge in [-0.15, -0.1) is 11.8 Å². The summed E-state index contributed by atoms with van der Waals surface area (Å²) in [6.07, 6.45) is -0.501. The first-order valence-corrected chi connectivity index (χ1v) is 9.18. The van der Waals surface area contributed by atoms with E-state index < -0.39 is 24.0 Å². The van der Waals surface area contributed by atoms with E-state index in [0.29, 0.717) is 11.3 Å². The summed E-state index contributed by atoms with van der Waals surface area (Å²) in [7, 11) is 0. The van der Waals surface area contributed by atoms with Gasteiger partial charge >= 0.3 is 11.9 Å². The smallest absolute Gasteiger partial charge is 0.353 e. The number of β-lactam (4-membered cyclic amide) rings is 1. The Morgan fingerprint density at radius 3 is 2.65 bits per heavy atom. The van der Waals surface area contributed by atoms with Crippen LogP contribution < -0.4 is 0 Å². The van der Waals surface area contributed by atoms with Gasteiger partial charge in [0.25, 0.3) is 0 Å². The molecule has 3 atom stereocenters. The Balaban J connectivity index is 1.59. The molecule has 2 aliphatic heterocycles. The van der Waals surface area contributed by atoms with E-state index in [9.17, 15) is 24.6 Å². The molecule has 0 aromatic heterocycles. The molecule has 1 aromatic rings. The summed E-state index contributed by atoms with van der Waals surface area (Å²) in [5.74, 6) is -2.67. The Bertz CT molecular complexity index is 760. The average molecular weight is 377 g/mol. The molecule has 2 aliphatic rings. The Hall–Kier alpha value is -2.32. The Morgan fingerprint density at radius 1 is 1.35 bits per heavy atom. The van der Waals surface area contributed by atoms with Crippen LogP contribution in [0, 0.1) is 5.92 Å². The molecule has 2 heterocycles. The standard InChI is InChI=1S/C18H19NO6S/c1-10(20)15-12-7-13(16(18(23)24)19(12)17(15)22)26-9-14(21)25-8-11-5-3-2-4-6-11/h2-6,10,12,15,20H,7-9H2,1H3,(H,23,24)/t10?,12-,15?/m1/s1. The van der Waals surface area contributed by atoms with Gasteiger partial charge in [0, 0.05) is 11.3 Å². The second-order valence-electron chi connectivity index (χ2n) is 6.26. The van der Waals surface area contributed by atoms with Crippen LogP contribution in [0.25, 0.3) is 0 Å². The predicted molar refractivity (Wildman–Crippen MR) is 93.8 cm³/mol. The van der Waals surface area contributed by atoms with Crippen molar-refractivity contribution in [3.8, 4) is 0 Å². The van der Waals surface area contributed by atoms with Crippen molar-refractivity contribution in [1.29, 1.82) is 0 Å². The van der Waals surface area contributed by atoms with Crippen molar-refractivity contribution in [3.63, 3.8) is 0 Å². The van der Waals surface area contributed by atoms with Crippen LogP contribution in [0.15, 0.2) is 40.9 Å². The molecular formula is C18H19NO6S. The van der Waals surface area contributed by atoms with Crippen molar-refractivity contribution in [2.45, 2.75) is 32.1 Å². The van der Waals surface area contributed by atoms with Gasteiger partial charge in [0.05, 0.1) is 23.8 Å². The van der Waals surface area contributed by atoms with Crippen LogP contribution in [-0.2, 0) is 25.7 Å². The number of esters is 1. The number of carbonyl (C=O) groups excluding carboxylic acids is 2. The van der Waals surface area contributed by atoms with Crippen molar-refractivity contribution in [1.82, 2.24) is 4.90 Å². The fourth-order valence-corrected chi connectivity index (χ4v) is 4.27. The number of amides is 1. The molecule has 1 amide bonds. The highest BCUT2D eigenvalue weighted by molar-refractivity contribution is 8.03. The minimum atomic E-state index is -1.20. The molecule has 3 rings (SSSR count). The number of benzene rings is 1. The van der Waals surface area contributed by atoms with E-state index in [1.165, 1.54) is 11.8 Å². The monoisotopic (exact) mass is 377 g/mol. The van der Waals surface area contributed by atoms with Gasteiger partial charge < -0.3 is 19.8 Å². The molecule has 1 fully saturated rings. The van der Waals surface area contributed by atoms with Crippen molar-refractivity contribution in [2.24, 2.45) is 5.92 Å². The lowest BCUT2D eigenvalue weighted by Gasteiger charge is -2.44. The number of carboxylic acid groups (broad SMARTS) is 1. The molecule has 8 heteroatoms. The van der Waals surface area contributed by atoms with Crippen LogP contribution in [-0.4, -0.2) is 50.9 Å². The third kappa shape index (κ3) is 3.47. The number of nitrogens with zero attached hydrogens (tertiary/aromatic N) is 1. The predicted octanol–water partition coefficient (Wildman–Crippen LogP) is 1.37. The summed E-state index contributed by atoms with van der Waals surface area (Å²) in [6.45, 7) is 1.68. The van der Waals surface area contributed by atoms with E-state index >= 15 is 0 Å². The molecule has 0 radical (unpaired) electrons.